The molecule has 0 saturated carbocycles. The molecule has 1 heterocycles. The van der Waals surface area contributed by atoms with Crippen LogP contribution >= 0.6 is 0 Å². The van der Waals surface area contributed by atoms with Crippen LogP contribution in [0, 0.1) is 0 Å². The molecule has 2 aromatic carbocycles. The number of rotatable bonds is 8. The smallest absolute Gasteiger partial charge is 0.191 e. The van der Waals surface area contributed by atoms with Crippen LogP contribution in [-0.2, 0) is 12.6 Å². The SMILES string of the molecule is CCNC(=NCC(C)(O)c1cnn(C)c1)NCCOc1cccc2ccccc12. The summed E-state index contributed by atoms with van der Waals surface area (Å²) in [6.45, 7) is 5.77. The van der Waals surface area contributed by atoms with Crippen LogP contribution in [0.5, 0.6) is 5.75 Å². The Kier molecular flexibility index (Phi) is 6.72. The van der Waals surface area contributed by atoms with E-state index in [9.17, 15) is 5.11 Å². The Hall–Kier alpha value is -3.06. The minimum atomic E-state index is -1.09. The fraction of sp³-hybridized carbons (Fsp3) is 0.364. The molecular weight excluding hydrogens is 366 g/mol. The maximum Gasteiger partial charge on any atom is 0.191 e. The van der Waals surface area contributed by atoms with E-state index in [4.69, 9.17) is 4.74 Å². The second-order valence-electron chi connectivity index (χ2n) is 7.12. The third kappa shape index (κ3) is 5.48. The van der Waals surface area contributed by atoms with Gasteiger partial charge >= 0.3 is 0 Å². The number of aromatic nitrogens is 2. The number of aliphatic imine (C=N–C) groups is 1. The van der Waals surface area contributed by atoms with E-state index in [2.05, 4.69) is 38.9 Å². The first-order chi connectivity index (χ1) is 14.0. The lowest BCUT2D eigenvalue weighted by molar-refractivity contribution is 0.0672. The number of nitrogens with zero attached hydrogens (tertiary/aromatic N) is 3. The van der Waals surface area contributed by atoms with Crippen LogP contribution in [-0.4, -0.2) is 47.1 Å². The van der Waals surface area contributed by atoms with Crippen molar-refractivity contribution in [1.29, 1.82) is 0 Å². The van der Waals surface area contributed by atoms with Gasteiger partial charge in [0.1, 0.15) is 18.0 Å². The molecule has 0 aliphatic heterocycles. The Morgan fingerprint density at radius 2 is 2.00 bits per heavy atom. The minimum absolute atomic E-state index is 0.220. The number of nitrogens with one attached hydrogen (secondary N) is 2. The van der Waals surface area contributed by atoms with Gasteiger partial charge in [-0.05, 0) is 25.3 Å². The van der Waals surface area contributed by atoms with Gasteiger partial charge in [-0.1, -0.05) is 36.4 Å². The molecule has 3 N–H and O–H groups in total. The summed E-state index contributed by atoms with van der Waals surface area (Å²) in [7, 11) is 1.82. The van der Waals surface area contributed by atoms with E-state index in [-0.39, 0.29) is 6.54 Å². The summed E-state index contributed by atoms with van der Waals surface area (Å²) >= 11 is 0. The molecule has 154 valence electrons. The summed E-state index contributed by atoms with van der Waals surface area (Å²) in [5.41, 5.74) is -0.352. The summed E-state index contributed by atoms with van der Waals surface area (Å²) in [5, 5.41) is 23.5. The van der Waals surface area contributed by atoms with E-state index < -0.39 is 5.60 Å². The predicted molar refractivity (Wildman–Crippen MR) is 116 cm³/mol. The third-order valence-electron chi connectivity index (χ3n) is 4.62. The maximum absolute atomic E-state index is 10.7. The highest BCUT2D eigenvalue weighted by molar-refractivity contribution is 5.88. The Balaban J connectivity index is 1.55. The Bertz CT molecular complexity index is 959. The maximum atomic E-state index is 10.7. The lowest BCUT2D eigenvalue weighted by Gasteiger charge is -2.20. The summed E-state index contributed by atoms with van der Waals surface area (Å²) in [5.74, 6) is 1.50. The van der Waals surface area contributed by atoms with Gasteiger partial charge in [0, 0.05) is 30.7 Å². The van der Waals surface area contributed by atoms with Crippen LogP contribution in [0.4, 0.5) is 0 Å². The standard InChI is InChI=1S/C22H29N5O2/c1-4-23-21(25-16-22(2,28)18-14-26-27(3)15-18)24-12-13-29-20-11-7-9-17-8-5-6-10-19(17)20/h5-11,14-15,28H,4,12-13,16H2,1-3H3,(H2,23,24,25). The Labute approximate surface area is 171 Å². The van der Waals surface area contributed by atoms with E-state index in [0.717, 1.165) is 28.6 Å². The molecule has 0 saturated heterocycles. The second-order valence-corrected chi connectivity index (χ2v) is 7.12. The summed E-state index contributed by atoms with van der Waals surface area (Å²) in [4.78, 5) is 4.52. The topological polar surface area (TPSA) is 83.7 Å². The molecule has 7 heteroatoms. The molecule has 7 nitrogen and oxygen atoms in total. The first kappa shape index (κ1) is 20.7. The molecule has 1 atom stereocenters. The van der Waals surface area contributed by atoms with Crippen molar-refractivity contribution in [3.8, 4) is 5.75 Å². The molecule has 0 aliphatic rings. The molecule has 0 spiro atoms. The third-order valence-corrected chi connectivity index (χ3v) is 4.62. The average Bonchev–Trinajstić information content (AvgIpc) is 3.17. The van der Waals surface area contributed by atoms with Gasteiger partial charge in [0.25, 0.3) is 0 Å². The van der Waals surface area contributed by atoms with Gasteiger partial charge < -0.3 is 20.5 Å². The highest BCUT2D eigenvalue weighted by Crippen LogP contribution is 2.25. The normalized spacial score (nSPS) is 13.9. The molecule has 3 rings (SSSR count). The molecule has 0 fully saturated rings. The number of guanidine groups is 1. The summed E-state index contributed by atoms with van der Waals surface area (Å²) in [6.07, 6.45) is 3.46. The molecule has 3 aromatic rings. The zero-order valence-corrected chi connectivity index (χ0v) is 17.2. The van der Waals surface area contributed by atoms with Crippen molar-refractivity contribution in [3.05, 3.63) is 60.4 Å². The molecule has 1 aromatic heterocycles. The van der Waals surface area contributed by atoms with Gasteiger partial charge in [0.2, 0.25) is 0 Å². The second kappa shape index (κ2) is 9.43. The number of ether oxygens (including phenoxy) is 1. The first-order valence-corrected chi connectivity index (χ1v) is 9.84. The molecular formula is C22H29N5O2. The zero-order chi connectivity index (χ0) is 20.7. The van der Waals surface area contributed by atoms with Gasteiger partial charge in [0.05, 0.1) is 19.3 Å². The molecule has 0 amide bonds. The van der Waals surface area contributed by atoms with Crippen molar-refractivity contribution in [2.24, 2.45) is 12.0 Å². The predicted octanol–water partition coefficient (Wildman–Crippen LogP) is 2.41. The minimum Gasteiger partial charge on any atom is -0.491 e. The van der Waals surface area contributed by atoms with E-state index in [0.29, 0.717) is 19.1 Å². The van der Waals surface area contributed by atoms with Gasteiger partial charge in [-0.25, -0.2) is 4.99 Å². The van der Waals surface area contributed by atoms with Crippen molar-refractivity contribution in [2.45, 2.75) is 19.4 Å². The number of aryl methyl sites for hydroxylation is 1. The van der Waals surface area contributed by atoms with Crippen molar-refractivity contribution in [2.75, 3.05) is 26.2 Å². The van der Waals surface area contributed by atoms with Crippen molar-refractivity contribution in [3.63, 3.8) is 0 Å². The fourth-order valence-electron chi connectivity index (χ4n) is 3.02. The van der Waals surface area contributed by atoms with Gasteiger partial charge in [-0.2, -0.15) is 5.10 Å². The van der Waals surface area contributed by atoms with Crippen molar-refractivity contribution >= 4 is 16.7 Å². The van der Waals surface area contributed by atoms with Gasteiger partial charge in [-0.3, -0.25) is 4.68 Å². The molecule has 0 bridgehead atoms. The van der Waals surface area contributed by atoms with Crippen molar-refractivity contribution < 1.29 is 9.84 Å². The number of hydrogen-bond acceptors (Lipinski definition) is 4. The fourth-order valence-corrected chi connectivity index (χ4v) is 3.02. The van der Waals surface area contributed by atoms with E-state index in [1.165, 1.54) is 0 Å². The molecule has 0 aliphatic carbocycles. The first-order valence-electron chi connectivity index (χ1n) is 9.84. The molecule has 29 heavy (non-hydrogen) atoms. The number of benzene rings is 2. The van der Waals surface area contributed by atoms with Crippen molar-refractivity contribution in [1.82, 2.24) is 20.4 Å². The van der Waals surface area contributed by atoms with E-state index >= 15 is 0 Å². The Morgan fingerprint density at radius 1 is 1.21 bits per heavy atom. The number of hydrogen-bond donors (Lipinski definition) is 3. The van der Waals surface area contributed by atoms with Crippen LogP contribution in [0.1, 0.15) is 19.4 Å². The van der Waals surface area contributed by atoms with Crippen LogP contribution < -0.4 is 15.4 Å². The number of fused-ring (bicyclic) bond motifs is 1. The lowest BCUT2D eigenvalue weighted by Crippen LogP contribution is -2.40. The van der Waals surface area contributed by atoms with Crippen LogP contribution in [0.2, 0.25) is 0 Å². The van der Waals surface area contributed by atoms with Gasteiger partial charge in [-0.15, -0.1) is 0 Å². The average molecular weight is 396 g/mol. The highest BCUT2D eigenvalue weighted by atomic mass is 16.5. The van der Waals surface area contributed by atoms with Crippen LogP contribution in [0.25, 0.3) is 10.8 Å². The highest BCUT2D eigenvalue weighted by Gasteiger charge is 2.24. The zero-order valence-electron chi connectivity index (χ0n) is 17.2. The quantitative estimate of drug-likeness (QED) is 0.310. The molecule has 1 unspecified atom stereocenters. The van der Waals surface area contributed by atoms with Gasteiger partial charge in [0.15, 0.2) is 5.96 Å². The van der Waals surface area contributed by atoms with Crippen LogP contribution in [0.15, 0.2) is 59.9 Å². The van der Waals surface area contributed by atoms with Crippen LogP contribution in [0.3, 0.4) is 0 Å². The largest absolute Gasteiger partial charge is 0.491 e. The Morgan fingerprint density at radius 3 is 2.76 bits per heavy atom. The van der Waals surface area contributed by atoms with E-state index in [1.807, 2.05) is 38.2 Å². The lowest BCUT2D eigenvalue weighted by atomic mass is 10.0. The van der Waals surface area contributed by atoms with E-state index in [1.54, 1.807) is 24.0 Å². The number of aliphatic hydroxyl groups is 1. The molecule has 0 radical (unpaired) electrons. The summed E-state index contributed by atoms with van der Waals surface area (Å²) < 4.78 is 7.63. The monoisotopic (exact) mass is 395 g/mol. The summed E-state index contributed by atoms with van der Waals surface area (Å²) in [6, 6.07) is 14.2.